The minimum Gasteiger partial charge on any atom is -0.313 e. The molecule has 0 aliphatic heterocycles. The zero-order valence-electron chi connectivity index (χ0n) is 11.0. The van der Waals surface area contributed by atoms with Gasteiger partial charge in [-0.2, -0.15) is 0 Å². The summed E-state index contributed by atoms with van der Waals surface area (Å²) in [6, 6.07) is 4.07. The van der Waals surface area contributed by atoms with Crippen molar-refractivity contribution in [2.75, 3.05) is 6.54 Å². The molecule has 0 spiro atoms. The Kier molecular flexibility index (Phi) is 4.63. The van der Waals surface area contributed by atoms with Gasteiger partial charge in [-0.1, -0.05) is 33.8 Å². The lowest BCUT2D eigenvalue weighted by Crippen LogP contribution is -2.42. The Labute approximate surface area is 102 Å². The molecule has 96 valence electrons. The summed E-state index contributed by atoms with van der Waals surface area (Å²) in [5.74, 6) is -0.922. The van der Waals surface area contributed by atoms with E-state index in [-0.39, 0.29) is 17.0 Å². The number of hydrogen-bond acceptors (Lipinski definition) is 1. The monoisotopic (exact) mass is 241 g/mol. The van der Waals surface area contributed by atoms with Crippen molar-refractivity contribution in [1.82, 2.24) is 5.32 Å². The second kappa shape index (κ2) is 5.58. The van der Waals surface area contributed by atoms with Crippen LogP contribution in [0.25, 0.3) is 0 Å². The van der Waals surface area contributed by atoms with Crippen LogP contribution < -0.4 is 5.32 Å². The molecule has 1 nitrogen and oxygen atoms in total. The van der Waals surface area contributed by atoms with Crippen LogP contribution in [0, 0.1) is 17.0 Å². The predicted octanol–water partition coefficient (Wildman–Crippen LogP) is 3.53. The van der Waals surface area contributed by atoms with Crippen molar-refractivity contribution >= 4 is 0 Å². The summed E-state index contributed by atoms with van der Waals surface area (Å²) in [7, 11) is 0. The summed E-state index contributed by atoms with van der Waals surface area (Å²) < 4.78 is 27.1. The molecule has 0 radical (unpaired) electrons. The molecule has 1 N–H and O–H groups in total. The summed E-state index contributed by atoms with van der Waals surface area (Å²) in [6.07, 6.45) is 0.371. The van der Waals surface area contributed by atoms with Crippen LogP contribution in [0.4, 0.5) is 8.78 Å². The molecule has 0 aliphatic rings. The number of hydrogen-bond donors (Lipinski definition) is 1. The smallest absolute Gasteiger partial charge is 0.129 e. The average molecular weight is 241 g/mol. The zero-order valence-corrected chi connectivity index (χ0v) is 11.0. The molecule has 17 heavy (non-hydrogen) atoms. The third kappa shape index (κ3) is 3.77. The fourth-order valence-corrected chi connectivity index (χ4v) is 1.86. The van der Waals surface area contributed by atoms with Crippen molar-refractivity contribution in [3.8, 4) is 0 Å². The van der Waals surface area contributed by atoms with Gasteiger partial charge in [0.2, 0.25) is 0 Å². The maximum absolute atomic E-state index is 13.6. The van der Waals surface area contributed by atoms with Gasteiger partial charge >= 0.3 is 0 Å². The Morgan fingerprint density at radius 1 is 1.18 bits per heavy atom. The standard InChI is InChI=1S/C14H21F2N/c1-5-17-13(14(2,3)4)9-10-11(15)7-6-8-12(10)16/h6-8,13,17H,5,9H2,1-4H3. The highest BCUT2D eigenvalue weighted by atomic mass is 19.1. The maximum atomic E-state index is 13.6. The molecule has 1 atom stereocenters. The van der Waals surface area contributed by atoms with E-state index in [1.54, 1.807) is 0 Å². The molecule has 0 fully saturated rings. The summed E-state index contributed by atoms with van der Waals surface area (Å²) in [5, 5.41) is 3.29. The number of likely N-dealkylation sites (N-methyl/N-ethyl adjacent to an activating group) is 1. The Hall–Kier alpha value is -0.960. The van der Waals surface area contributed by atoms with E-state index in [1.807, 2.05) is 6.92 Å². The molecule has 0 saturated carbocycles. The van der Waals surface area contributed by atoms with E-state index >= 15 is 0 Å². The average Bonchev–Trinajstić information content (AvgIpc) is 2.20. The first kappa shape index (κ1) is 14.1. The van der Waals surface area contributed by atoms with Crippen LogP contribution in [0.15, 0.2) is 18.2 Å². The fraction of sp³-hybridized carbons (Fsp3) is 0.571. The van der Waals surface area contributed by atoms with Gasteiger partial charge in [-0.3, -0.25) is 0 Å². The maximum Gasteiger partial charge on any atom is 0.129 e. The molecule has 3 heteroatoms. The highest BCUT2D eigenvalue weighted by Crippen LogP contribution is 2.24. The Balaban J connectivity index is 2.94. The minimum absolute atomic E-state index is 0.0370. The first-order valence-corrected chi connectivity index (χ1v) is 6.02. The number of nitrogens with one attached hydrogen (secondary N) is 1. The molecule has 1 unspecified atom stereocenters. The molecular weight excluding hydrogens is 220 g/mol. The van der Waals surface area contributed by atoms with Crippen LogP contribution in [0.1, 0.15) is 33.3 Å². The topological polar surface area (TPSA) is 12.0 Å². The number of rotatable bonds is 4. The fourth-order valence-electron chi connectivity index (χ4n) is 1.86. The van der Waals surface area contributed by atoms with E-state index in [1.165, 1.54) is 18.2 Å². The van der Waals surface area contributed by atoms with E-state index in [9.17, 15) is 8.78 Å². The van der Waals surface area contributed by atoms with Crippen LogP contribution >= 0.6 is 0 Å². The summed E-state index contributed by atoms with van der Waals surface area (Å²) >= 11 is 0. The SMILES string of the molecule is CCNC(Cc1c(F)cccc1F)C(C)(C)C. The lowest BCUT2D eigenvalue weighted by molar-refractivity contribution is 0.266. The van der Waals surface area contributed by atoms with Crippen molar-refractivity contribution in [3.05, 3.63) is 35.4 Å². The van der Waals surface area contributed by atoms with Crippen molar-refractivity contribution in [3.63, 3.8) is 0 Å². The van der Waals surface area contributed by atoms with E-state index in [4.69, 9.17) is 0 Å². The van der Waals surface area contributed by atoms with Gasteiger partial charge in [-0.05, 0) is 30.5 Å². The van der Waals surface area contributed by atoms with Gasteiger partial charge in [0.25, 0.3) is 0 Å². The Morgan fingerprint density at radius 3 is 2.12 bits per heavy atom. The molecule has 0 aromatic heterocycles. The Bertz CT molecular complexity index is 349. The molecule has 0 bridgehead atoms. The van der Waals surface area contributed by atoms with E-state index < -0.39 is 11.6 Å². The predicted molar refractivity (Wildman–Crippen MR) is 67.0 cm³/mol. The van der Waals surface area contributed by atoms with Crippen LogP contribution in [0.2, 0.25) is 0 Å². The van der Waals surface area contributed by atoms with Crippen LogP contribution in [0.3, 0.4) is 0 Å². The summed E-state index contributed by atoms with van der Waals surface area (Å²) in [4.78, 5) is 0. The molecule has 1 aromatic carbocycles. The van der Waals surface area contributed by atoms with Gasteiger partial charge in [0, 0.05) is 11.6 Å². The van der Waals surface area contributed by atoms with Crippen molar-refractivity contribution < 1.29 is 8.78 Å². The number of benzene rings is 1. The van der Waals surface area contributed by atoms with Gasteiger partial charge in [-0.25, -0.2) is 8.78 Å². The first-order chi connectivity index (χ1) is 7.86. The van der Waals surface area contributed by atoms with Gasteiger partial charge in [-0.15, -0.1) is 0 Å². The highest BCUT2D eigenvalue weighted by Gasteiger charge is 2.26. The largest absolute Gasteiger partial charge is 0.313 e. The van der Waals surface area contributed by atoms with Crippen molar-refractivity contribution in [1.29, 1.82) is 0 Å². The van der Waals surface area contributed by atoms with Gasteiger partial charge < -0.3 is 5.32 Å². The molecular formula is C14H21F2N. The van der Waals surface area contributed by atoms with Crippen LogP contribution in [-0.2, 0) is 6.42 Å². The highest BCUT2D eigenvalue weighted by molar-refractivity contribution is 5.21. The normalized spacial score (nSPS) is 13.8. The molecule has 1 rings (SSSR count). The second-order valence-corrected chi connectivity index (χ2v) is 5.38. The van der Waals surface area contributed by atoms with Crippen LogP contribution in [-0.4, -0.2) is 12.6 Å². The van der Waals surface area contributed by atoms with E-state index in [0.717, 1.165) is 6.54 Å². The first-order valence-electron chi connectivity index (χ1n) is 6.02. The minimum atomic E-state index is -0.461. The molecule has 0 amide bonds. The number of halogens is 2. The quantitative estimate of drug-likeness (QED) is 0.850. The lowest BCUT2D eigenvalue weighted by atomic mass is 9.83. The van der Waals surface area contributed by atoms with Crippen molar-refractivity contribution in [2.24, 2.45) is 5.41 Å². The van der Waals surface area contributed by atoms with Crippen LogP contribution in [0.5, 0.6) is 0 Å². The third-order valence-corrected chi connectivity index (χ3v) is 2.97. The third-order valence-electron chi connectivity index (χ3n) is 2.97. The molecule has 0 heterocycles. The van der Waals surface area contributed by atoms with E-state index in [2.05, 4.69) is 26.1 Å². The second-order valence-electron chi connectivity index (χ2n) is 5.38. The van der Waals surface area contributed by atoms with Gasteiger partial charge in [0.15, 0.2) is 0 Å². The molecule has 1 aromatic rings. The molecule has 0 aliphatic carbocycles. The zero-order chi connectivity index (χ0) is 13.1. The summed E-state index contributed by atoms with van der Waals surface area (Å²) in [6.45, 7) is 8.99. The summed E-state index contributed by atoms with van der Waals surface area (Å²) in [5.41, 5.74) is 0.137. The van der Waals surface area contributed by atoms with E-state index in [0.29, 0.717) is 6.42 Å². The van der Waals surface area contributed by atoms with Gasteiger partial charge in [0.05, 0.1) is 0 Å². The molecule has 0 saturated heterocycles. The van der Waals surface area contributed by atoms with Gasteiger partial charge in [0.1, 0.15) is 11.6 Å². The Morgan fingerprint density at radius 2 is 1.71 bits per heavy atom. The van der Waals surface area contributed by atoms with Crippen molar-refractivity contribution in [2.45, 2.75) is 40.2 Å². The lowest BCUT2D eigenvalue weighted by Gasteiger charge is -2.31.